The van der Waals surface area contributed by atoms with Crippen LogP contribution in [0, 0.1) is 6.92 Å². The minimum absolute atomic E-state index is 0.0519. The van der Waals surface area contributed by atoms with Crippen molar-refractivity contribution < 1.29 is 74.4 Å². The standard InChI is InChI=1S/C43H53N3O17S5/c1-27-14-15-31-33(23-29(65(51,52)53)25-36(31)67(57,58)59)40(27)42(3,18-10-22-64(48,49)50)28(2)11-9-12-38-43(4,19-21-63-5)41-34-24-30(66(54,55)56)26-37(68(60,61)62)32(34)16-17-35(41)46(38)20-8-6-7-13-39(47)45-44/h9,11-12,14-17,23-26H,2,6-8,10,13,18-22,44H2,1,3-5H3,(H,45,47)(H,48,49,50)(H,51,52,53)(H,54,55,56)(H,57,58,59)(H,60,61,62)/b11-9+,38-12+. The van der Waals surface area contributed by atoms with Gasteiger partial charge in [0.05, 0.1) is 15.5 Å². The summed E-state index contributed by atoms with van der Waals surface area (Å²) in [6.45, 7) is 9.75. The third-order valence-electron chi connectivity index (χ3n) is 12.3. The van der Waals surface area contributed by atoms with Crippen LogP contribution in [0.5, 0.6) is 0 Å². The average molecular weight is 1040 g/mol. The molecule has 4 aromatic carbocycles. The predicted molar refractivity (Wildman–Crippen MR) is 253 cm³/mol. The molecule has 0 aliphatic carbocycles. The van der Waals surface area contributed by atoms with Crippen molar-refractivity contribution in [1.82, 2.24) is 5.43 Å². The third kappa shape index (κ3) is 11.7. The number of methoxy groups -OCH3 is 1. The molecule has 68 heavy (non-hydrogen) atoms. The second-order valence-corrected chi connectivity index (χ2v) is 24.1. The molecule has 0 saturated heterocycles. The lowest BCUT2D eigenvalue weighted by Gasteiger charge is -2.34. The lowest BCUT2D eigenvalue weighted by molar-refractivity contribution is -0.121. The van der Waals surface area contributed by atoms with E-state index < -0.39 is 86.8 Å². The molecule has 8 N–H and O–H groups in total. The molecule has 372 valence electrons. The fourth-order valence-corrected chi connectivity index (χ4v) is 12.2. The van der Waals surface area contributed by atoms with Crippen molar-refractivity contribution in [2.24, 2.45) is 5.84 Å². The van der Waals surface area contributed by atoms with Crippen molar-refractivity contribution in [3.8, 4) is 0 Å². The number of amides is 1. The number of allylic oxidation sites excluding steroid dienone is 5. The zero-order chi connectivity index (χ0) is 51.0. The number of hydrogen-bond acceptors (Lipinski definition) is 14. The first kappa shape index (κ1) is 54.3. The van der Waals surface area contributed by atoms with E-state index in [-0.39, 0.29) is 77.4 Å². The number of carbonyl (C=O) groups excluding carboxylic acids is 1. The molecular formula is C43H53N3O17S5. The van der Waals surface area contributed by atoms with Crippen LogP contribution in [0.2, 0.25) is 0 Å². The van der Waals surface area contributed by atoms with E-state index >= 15 is 0 Å². The van der Waals surface area contributed by atoms with Crippen LogP contribution in [-0.2, 0) is 71.0 Å². The largest absolute Gasteiger partial charge is 0.385 e. The van der Waals surface area contributed by atoms with E-state index in [4.69, 9.17) is 10.6 Å². The SMILES string of the molecule is C=C(/C=C/C=C1/N(CCCCCC(=O)NN)c2ccc3c(S(=O)(=O)O)cc(S(=O)(=O)O)cc3c2C1(C)CCOC)C(C)(CCCS(=O)(=O)O)c1c(C)ccc2c(S(=O)(=O)O)cc(S(=O)(=O)O)cc12. The molecule has 0 bridgehead atoms. The Morgan fingerprint density at radius 3 is 1.88 bits per heavy atom. The highest BCUT2D eigenvalue weighted by Crippen LogP contribution is 2.54. The lowest BCUT2D eigenvalue weighted by atomic mass is 9.70. The van der Waals surface area contributed by atoms with Gasteiger partial charge in [-0.1, -0.05) is 50.3 Å². The van der Waals surface area contributed by atoms with Gasteiger partial charge in [0.15, 0.2) is 0 Å². The molecule has 1 amide bonds. The fraction of sp³-hybridized carbons (Fsp3) is 0.372. The highest BCUT2D eigenvalue weighted by atomic mass is 32.2. The van der Waals surface area contributed by atoms with Gasteiger partial charge in [0, 0.05) is 59.7 Å². The summed E-state index contributed by atoms with van der Waals surface area (Å²) in [5, 5.41) is -0.181. The Kier molecular flexibility index (Phi) is 16.0. The maximum absolute atomic E-state index is 12.7. The van der Waals surface area contributed by atoms with Crippen LogP contribution in [0.4, 0.5) is 5.69 Å². The number of nitrogens with one attached hydrogen (secondary N) is 1. The van der Waals surface area contributed by atoms with Crippen LogP contribution in [0.25, 0.3) is 21.5 Å². The normalized spacial score (nSPS) is 17.6. The average Bonchev–Trinajstić information content (AvgIpc) is 3.46. The van der Waals surface area contributed by atoms with Gasteiger partial charge in [-0.15, -0.1) is 0 Å². The Morgan fingerprint density at radius 1 is 0.794 bits per heavy atom. The van der Waals surface area contributed by atoms with E-state index in [0.717, 1.165) is 12.1 Å². The fourth-order valence-electron chi connectivity index (χ4n) is 9.04. The van der Waals surface area contributed by atoms with Crippen LogP contribution in [0.15, 0.2) is 104 Å². The van der Waals surface area contributed by atoms with Crippen molar-refractivity contribution in [3.63, 3.8) is 0 Å². The first-order valence-electron chi connectivity index (χ1n) is 20.7. The Bertz CT molecular complexity index is 3340. The molecule has 2 unspecified atom stereocenters. The van der Waals surface area contributed by atoms with Gasteiger partial charge in [-0.25, -0.2) is 5.84 Å². The van der Waals surface area contributed by atoms with E-state index in [0.29, 0.717) is 53.9 Å². The quantitative estimate of drug-likeness (QED) is 0.0134. The number of nitrogens with zero attached hydrogens (tertiary/aromatic N) is 1. The zero-order valence-electron chi connectivity index (χ0n) is 37.3. The van der Waals surface area contributed by atoms with Crippen LogP contribution in [0.3, 0.4) is 0 Å². The molecule has 5 rings (SSSR count). The van der Waals surface area contributed by atoms with Crippen molar-refractivity contribution in [3.05, 3.63) is 101 Å². The number of benzene rings is 4. The minimum atomic E-state index is -5.11. The molecule has 1 heterocycles. The van der Waals surface area contributed by atoms with Gasteiger partial charge in [-0.2, -0.15) is 42.1 Å². The zero-order valence-corrected chi connectivity index (χ0v) is 41.4. The summed E-state index contributed by atoms with van der Waals surface area (Å²) < 4.78 is 181. The number of aryl methyl sites for hydroxylation is 1. The van der Waals surface area contributed by atoms with Gasteiger partial charge in [-0.05, 0) is 115 Å². The molecule has 20 nitrogen and oxygen atoms in total. The molecule has 0 fully saturated rings. The molecule has 0 spiro atoms. The number of unbranched alkanes of at least 4 members (excludes halogenated alkanes) is 2. The van der Waals surface area contributed by atoms with E-state index in [1.165, 1.54) is 25.3 Å². The maximum Gasteiger partial charge on any atom is 0.295 e. The summed E-state index contributed by atoms with van der Waals surface area (Å²) in [6, 6.07) is 9.21. The highest BCUT2D eigenvalue weighted by molar-refractivity contribution is 7.87. The Balaban J connectivity index is 1.79. The molecule has 0 saturated carbocycles. The molecular weight excluding hydrogens is 991 g/mol. The van der Waals surface area contributed by atoms with Crippen LogP contribution in [-0.4, -0.2) is 96.8 Å². The van der Waals surface area contributed by atoms with Gasteiger partial charge in [0.1, 0.15) is 9.79 Å². The number of nitrogens with two attached hydrogens (primary N) is 1. The number of carbonyl (C=O) groups is 1. The Hall–Kier alpha value is -4.64. The smallest absolute Gasteiger partial charge is 0.295 e. The highest BCUT2D eigenvalue weighted by Gasteiger charge is 2.45. The first-order valence-corrected chi connectivity index (χ1v) is 28.0. The molecule has 0 aromatic heterocycles. The molecule has 2 atom stereocenters. The molecule has 1 aliphatic rings. The number of fused-ring (bicyclic) bond motifs is 4. The Labute approximate surface area is 395 Å². The van der Waals surface area contributed by atoms with Crippen molar-refractivity contribution in [2.45, 2.75) is 96.1 Å². The van der Waals surface area contributed by atoms with E-state index in [1.54, 1.807) is 45.1 Å². The van der Waals surface area contributed by atoms with E-state index in [2.05, 4.69) is 12.0 Å². The van der Waals surface area contributed by atoms with Gasteiger partial charge in [-0.3, -0.25) is 33.0 Å². The summed E-state index contributed by atoms with van der Waals surface area (Å²) in [6.07, 6.45) is 6.35. The monoisotopic (exact) mass is 1040 g/mol. The van der Waals surface area contributed by atoms with E-state index in [1.807, 2.05) is 4.90 Å². The summed E-state index contributed by atoms with van der Waals surface area (Å²) in [5.74, 6) is 4.17. The third-order valence-corrected chi connectivity index (χ3v) is 16.6. The second-order valence-electron chi connectivity index (χ2n) is 16.9. The van der Waals surface area contributed by atoms with Crippen LogP contribution in [0.1, 0.15) is 75.5 Å². The van der Waals surface area contributed by atoms with Gasteiger partial charge in [0.25, 0.3) is 50.6 Å². The molecule has 0 radical (unpaired) electrons. The number of hydrazine groups is 1. The maximum atomic E-state index is 12.7. The molecule has 25 heteroatoms. The van der Waals surface area contributed by atoms with Gasteiger partial charge >= 0.3 is 0 Å². The lowest BCUT2D eigenvalue weighted by Crippen LogP contribution is -2.31. The summed E-state index contributed by atoms with van der Waals surface area (Å²) in [7, 11) is -23.4. The summed E-state index contributed by atoms with van der Waals surface area (Å²) in [4.78, 5) is 10.5. The number of hydrogen-bond donors (Lipinski definition) is 7. The van der Waals surface area contributed by atoms with Crippen LogP contribution >= 0.6 is 0 Å². The number of rotatable bonds is 21. The van der Waals surface area contributed by atoms with Gasteiger partial charge in [0.2, 0.25) is 5.91 Å². The predicted octanol–water partition coefficient (Wildman–Crippen LogP) is 5.57. The minimum Gasteiger partial charge on any atom is -0.385 e. The van der Waals surface area contributed by atoms with Gasteiger partial charge < -0.3 is 9.64 Å². The first-order chi connectivity index (χ1) is 31.3. The van der Waals surface area contributed by atoms with Crippen LogP contribution < -0.4 is 16.2 Å². The van der Waals surface area contributed by atoms with Crippen molar-refractivity contribution in [2.75, 3.05) is 30.9 Å². The molecule has 4 aromatic rings. The topological polar surface area (TPSA) is 339 Å². The molecule has 1 aliphatic heterocycles. The summed E-state index contributed by atoms with van der Waals surface area (Å²) >= 11 is 0. The van der Waals surface area contributed by atoms with Crippen molar-refractivity contribution in [1.29, 1.82) is 0 Å². The Morgan fingerprint density at radius 2 is 1.35 bits per heavy atom. The van der Waals surface area contributed by atoms with E-state index in [9.17, 15) is 69.6 Å². The second kappa shape index (κ2) is 20.0. The number of ether oxygens (including phenoxy) is 1. The van der Waals surface area contributed by atoms with Crippen molar-refractivity contribution >= 4 is 83.7 Å². The number of anilines is 1. The summed E-state index contributed by atoms with van der Waals surface area (Å²) in [5.41, 5.74) is 1.88.